The van der Waals surface area contributed by atoms with Gasteiger partial charge in [-0.3, -0.25) is 4.90 Å². The Morgan fingerprint density at radius 2 is 1.42 bits per heavy atom. The molecule has 0 spiro atoms. The minimum Gasteiger partial charge on any atom is -0.478 e. The summed E-state index contributed by atoms with van der Waals surface area (Å²) in [4.78, 5) is 24.0. The number of hydrogen-bond donors (Lipinski definition) is 3. The van der Waals surface area contributed by atoms with Gasteiger partial charge in [-0.05, 0) is 29.8 Å². The summed E-state index contributed by atoms with van der Waals surface area (Å²) in [5.41, 5.74) is 1.98. The van der Waals surface area contributed by atoms with Crippen molar-refractivity contribution >= 4 is 27.5 Å². The summed E-state index contributed by atoms with van der Waals surface area (Å²) < 4.78 is 23.0. The molecule has 10 heteroatoms. The lowest BCUT2D eigenvalue weighted by molar-refractivity contribution is -0.134. The first-order valence-electron chi connectivity index (χ1n) is 10.2. The van der Waals surface area contributed by atoms with Crippen LogP contribution in [-0.2, 0) is 19.4 Å². The van der Waals surface area contributed by atoms with Gasteiger partial charge in [0.1, 0.15) is 0 Å². The number of carbonyl (C=O) groups is 2. The van der Waals surface area contributed by atoms with E-state index in [0.717, 1.165) is 31.7 Å². The maximum absolute atomic E-state index is 11.5. The number of sulfone groups is 1. The molecular weight excluding hydrogens is 448 g/mol. The monoisotopic (exact) mass is 476 g/mol. The molecule has 0 aliphatic carbocycles. The quantitative estimate of drug-likeness (QED) is 0.510. The van der Waals surface area contributed by atoms with Crippen LogP contribution in [0.25, 0.3) is 0 Å². The zero-order valence-corrected chi connectivity index (χ0v) is 19.1. The van der Waals surface area contributed by atoms with E-state index in [1.165, 1.54) is 11.9 Å². The molecule has 0 aromatic heterocycles. The number of aliphatic hydroxyl groups excluding tert-OH is 1. The minimum atomic E-state index is -3.20. The molecule has 1 atom stereocenters. The van der Waals surface area contributed by atoms with E-state index in [1.54, 1.807) is 24.3 Å². The zero-order valence-electron chi connectivity index (χ0n) is 18.2. The molecule has 3 N–H and O–H groups in total. The number of aliphatic hydroxyl groups is 1. The Morgan fingerprint density at radius 3 is 1.88 bits per heavy atom. The Balaban J connectivity index is 0.000000414. The van der Waals surface area contributed by atoms with Crippen LogP contribution in [-0.4, -0.2) is 79.6 Å². The van der Waals surface area contributed by atoms with Crippen LogP contribution >= 0.6 is 0 Å². The number of piperazine rings is 1. The number of nitrogens with zero attached hydrogens (tertiary/aromatic N) is 2. The summed E-state index contributed by atoms with van der Waals surface area (Å²) in [6.07, 6.45) is 1.69. The highest BCUT2D eigenvalue weighted by Gasteiger charge is 2.20. The SMILES string of the molecule is CS(=O)(=O)c1ccc(C(O)CN2CCN(c3ccccc3)CC2)cc1.O=C(O)/C=C\C(=O)O. The molecular formula is C23H28N2O7S. The molecule has 2 aromatic rings. The molecule has 1 fully saturated rings. The highest BCUT2D eigenvalue weighted by Crippen LogP contribution is 2.20. The second-order valence-corrected chi connectivity index (χ2v) is 9.51. The molecule has 178 valence electrons. The van der Waals surface area contributed by atoms with Crippen molar-refractivity contribution in [3.8, 4) is 0 Å². The number of aliphatic carboxylic acids is 2. The van der Waals surface area contributed by atoms with Crippen molar-refractivity contribution in [1.29, 1.82) is 0 Å². The number of para-hydroxylation sites is 1. The van der Waals surface area contributed by atoms with Gasteiger partial charge in [0.25, 0.3) is 0 Å². The van der Waals surface area contributed by atoms with E-state index in [1.807, 2.05) is 18.2 Å². The van der Waals surface area contributed by atoms with E-state index in [0.29, 0.717) is 18.7 Å². The summed E-state index contributed by atoms with van der Waals surface area (Å²) in [5.74, 6) is -2.51. The molecule has 0 saturated carbocycles. The molecule has 33 heavy (non-hydrogen) atoms. The van der Waals surface area contributed by atoms with Gasteiger partial charge in [-0.2, -0.15) is 0 Å². The Hall–Kier alpha value is -3.21. The second-order valence-electron chi connectivity index (χ2n) is 7.49. The first kappa shape index (κ1) is 26.0. The normalized spacial score (nSPS) is 15.5. The fourth-order valence-electron chi connectivity index (χ4n) is 3.26. The van der Waals surface area contributed by atoms with Crippen molar-refractivity contribution in [1.82, 2.24) is 4.90 Å². The summed E-state index contributed by atoms with van der Waals surface area (Å²) in [7, 11) is -3.20. The molecule has 1 unspecified atom stereocenters. The summed E-state index contributed by atoms with van der Waals surface area (Å²) >= 11 is 0. The minimum absolute atomic E-state index is 0.278. The van der Waals surface area contributed by atoms with Crippen molar-refractivity contribution in [2.45, 2.75) is 11.0 Å². The predicted molar refractivity (Wildman–Crippen MR) is 124 cm³/mol. The summed E-state index contributed by atoms with van der Waals surface area (Å²) in [6.45, 7) is 4.22. The molecule has 0 radical (unpaired) electrons. The Labute approximate surface area is 193 Å². The van der Waals surface area contributed by atoms with Gasteiger partial charge in [0.05, 0.1) is 11.0 Å². The number of rotatable bonds is 7. The molecule has 9 nitrogen and oxygen atoms in total. The van der Waals surface area contributed by atoms with Gasteiger partial charge in [0.15, 0.2) is 9.84 Å². The van der Waals surface area contributed by atoms with Crippen LogP contribution in [0.5, 0.6) is 0 Å². The van der Waals surface area contributed by atoms with E-state index in [2.05, 4.69) is 21.9 Å². The van der Waals surface area contributed by atoms with Crippen LogP contribution in [0.1, 0.15) is 11.7 Å². The van der Waals surface area contributed by atoms with Crippen LogP contribution in [0.3, 0.4) is 0 Å². The van der Waals surface area contributed by atoms with Crippen LogP contribution in [0.15, 0.2) is 71.6 Å². The van der Waals surface area contributed by atoms with E-state index in [-0.39, 0.29) is 4.90 Å². The molecule has 2 aromatic carbocycles. The number of β-amino-alcohol motifs (C(OH)–C–C–N with tert-alkyl or cyclic N) is 1. The molecule has 1 heterocycles. The van der Waals surface area contributed by atoms with Crippen LogP contribution in [0.4, 0.5) is 5.69 Å². The summed E-state index contributed by atoms with van der Waals surface area (Å²) in [6, 6.07) is 16.9. The van der Waals surface area contributed by atoms with Crippen molar-refractivity contribution in [2.75, 3.05) is 43.9 Å². The second kappa shape index (κ2) is 12.1. The fraction of sp³-hybridized carbons (Fsp3) is 0.304. The third-order valence-corrected chi connectivity index (χ3v) is 6.11. The molecule has 1 aliphatic rings. The third-order valence-electron chi connectivity index (χ3n) is 4.99. The Bertz CT molecular complexity index is 1030. The largest absolute Gasteiger partial charge is 0.478 e. The Kier molecular flexibility index (Phi) is 9.58. The molecule has 1 aliphatic heterocycles. The standard InChI is InChI=1S/C19H24N2O3S.C4H4O4/c1-25(23,24)18-9-7-16(8-10-18)19(22)15-20-11-13-21(14-12-20)17-5-3-2-4-6-17;5-3(6)1-2-4(7)8/h2-10,19,22H,11-15H2,1H3;1-2H,(H,5,6)(H,7,8)/b;2-1-. The van der Waals surface area contributed by atoms with Crippen molar-refractivity contribution in [3.05, 3.63) is 72.3 Å². The van der Waals surface area contributed by atoms with Gasteiger partial charge in [0.2, 0.25) is 0 Å². The highest BCUT2D eigenvalue weighted by molar-refractivity contribution is 7.90. The topological polar surface area (TPSA) is 135 Å². The lowest BCUT2D eigenvalue weighted by Crippen LogP contribution is -2.47. The van der Waals surface area contributed by atoms with E-state index < -0.39 is 27.9 Å². The molecule has 0 bridgehead atoms. The van der Waals surface area contributed by atoms with Gasteiger partial charge in [-0.1, -0.05) is 30.3 Å². The predicted octanol–water partition coefficient (Wildman–Crippen LogP) is 1.66. The average Bonchev–Trinajstić information content (AvgIpc) is 2.79. The molecule has 3 rings (SSSR count). The number of anilines is 1. The summed E-state index contributed by atoms with van der Waals surface area (Å²) in [5, 5.41) is 26.1. The first-order valence-corrected chi connectivity index (χ1v) is 12.1. The lowest BCUT2D eigenvalue weighted by Gasteiger charge is -2.37. The van der Waals surface area contributed by atoms with Crippen LogP contribution in [0.2, 0.25) is 0 Å². The highest BCUT2D eigenvalue weighted by atomic mass is 32.2. The number of benzene rings is 2. The zero-order chi connectivity index (χ0) is 24.4. The average molecular weight is 477 g/mol. The fourth-order valence-corrected chi connectivity index (χ4v) is 3.89. The number of carboxylic acids is 2. The van der Waals surface area contributed by atoms with Gasteiger partial charge in [0, 0.05) is 56.8 Å². The maximum Gasteiger partial charge on any atom is 0.328 e. The van der Waals surface area contributed by atoms with Crippen molar-refractivity contribution in [2.24, 2.45) is 0 Å². The van der Waals surface area contributed by atoms with Crippen molar-refractivity contribution in [3.63, 3.8) is 0 Å². The first-order chi connectivity index (χ1) is 15.6. The van der Waals surface area contributed by atoms with Gasteiger partial charge in [-0.15, -0.1) is 0 Å². The van der Waals surface area contributed by atoms with Crippen molar-refractivity contribution < 1.29 is 33.3 Å². The van der Waals surface area contributed by atoms with Gasteiger partial charge >= 0.3 is 11.9 Å². The molecule has 0 amide bonds. The van der Waals surface area contributed by atoms with Gasteiger partial charge < -0.3 is 20.2 Å². The van der Waals surface area contributed by atoms with E-state index >= 15 is 0 Å². The lowest BCUT2D eigenvalue weighted by atomic mass is 10.1. The third kappa shape index (κ3) is 9.05. The van der Waals surface area contributed by atoms with Crippen LogP contribution in [0, 0.1) is 0 Å². The van der Waals surface area contributed by atoms with Crippen LogP contribution < -0.4 is 4.90 Å². The van der Waals surface area contributed by atoms with Gasteiger partial charge in [-0.25, -0.2) is 18.0 Å². The smallest absolute Gasteiger partial charge is 0.328 e. The van der Waals surface area contributed by atoms with E-state index in [9.17, 15) is 23.1 Å². The van der Waals surface area contributed by atoms with E-state index in [4.69, 9.17) is 10.2 Å². The maximum atomic E-state index is 11.5. The Morgan fingerprint density at radius 1 is 0.909 bits per heavy atom. The number of carboxylic acid groups (broad SMARTS) is 2. The molecule has 1 saturated heterocycles. The number of hydrogen-bond acceptors (Lipinski definition) is 7.